The van der Waals surface area contributed by atoms with Crippen LogP contribution in [0.1, 0.15) is 11.1 Å². The zero-order chi connectivity index (χ0) is 24.4. The molecule has 3 N–H and O–H groups in total. The number of anilines is 3. The van der Waals surface area contributed by atoms with Crippen LogP contribution in [-0.4, -0.2) is 52.5 Å². The highest BCUT2D eigenvalue weighted by Crippen LogP contribution is 2.39. The standard InChI is InChI=1S/C23H22F3N5O3/c1-13-11-14(24)5-6-15(13)19-16-12-27-23(34)31(20-17(25)3-2-4-18(20)26)21(16)29-22(28-19)30(7-9-32)8-10-33/h2-6,11,32-33H,7-10,12H2,1H3,(H,27,34). The molecule has 0 fully saturated rings. The Bertz CT molecular complexity index is 1210. The normalized spacial score (nSPS) is 13.0. The molecule has 1 aromatic heterocycles. The first-order valence-corrected chi connectivity index (χ1v) is 10.5. The van der Waals surface area contributed by atoms with Crippen LogP contribution < -0.4 is 15.1 Å². The highest BCUT2D eigenvalue weighted by molar-refractivity contribution is 6.02. The minimum Gasteiger partial charge on any atom is -0.395 e. The molecule has 34 heavy (non-hydrogen) atoms. The maximum atomic E-state index is 14.7. The van der Waals surface area contributed by atoms with Crippen LogP contribution in [0.5, 0.6) is 0 Å². The SMILES string of the molecule is Cc1cc(F)ccc1-c1nc(N(CCO)CCO)nc2c1CNC(=O)N2c1c(F)cccc1F. The van der Waals surface area contributed by atoms with Crippen molar-refractivity contribution in [2.45, 2.75) is 13.5 Å². The number of aliphatic hydroxyl groups excluding tert-OH is 2. The smallest absolute Gasteiger partial charge is 0.328 e. The molecule has 8 nitrogen and oxygen atoms in total. The van der Waals surface area contributed by atoms with Gasteiger partial charge in [-0.25, -0.2) is 27.8 Å². The van der Waals surface area contributed by atoms with Gasteiger partial charge in [-0.2, -0.15) is 4.98 Å². The molecule has 178 valence electrons. The molecule has 1 aliphatic heterocycles. The number of para-hydroxylation sites is 1. The van der Waals surface area contributed by atoms with Gasteiger partial charge in [0, 0.05) is 24.2 Å². The number of fused-ring (bicyclic) bond motifs is 1. The zero-order valence-electron chi connectivity index (χ0n) is 18.2. The van der Waals surface area contributed by atoms with Crippen LogP contribution in [0.25, 0.3) is 11.3 Å². The Labute approximate surface area is 193 Å². The second-order valence-corrected chi connectivity index (χ2v) is 7.63. The van der Waals surface area contributed by atoms with E-state index in [4.69, 9.17) is 0 Å². The zero-order valence-corrected chi connectivity index (χ0v) is 18.2. The first kappa shape index (κ1) is 23.5. The Morgan fingerprint density at radius 3 is 2.35 bits per heavy atom. The number of urea groups is 1. The Morgan fingerprint density at radius 2 is 1.74 bits per heavy atom. The van der Waals surface area contributed by atoms with Crippen molar-refractivity contribution in [2.24, 2.45) is 0 Å². The number of carbonyl (C=O) groups excluding carboxylic acids is 1. The number of halogens is 3. The molecule has 3 aromatic rings. The van der Waals surface area contributed by atoms with Crippen LogP contribution in [0.3, 0.4) is 0 Å². The largest absolute Gasteiger partial charge is 0.395 e. The summed E-state index contributed by atoms with van der Waals surface area (Å²) in [7, 11) is 0. The molecule has 1 aliphatic rings. The Kier molecular flexibility index (Phi) is 6.66. The van der Waals surface area contributed by atoms with Gasteiger partial charge in [-0.3, -0.25) is 0 Å². The number of nitrogens with zero attached hydrogens (tertiary/aromatic N) is 4. The third-order valence-electron chi connectivity index (χ3n) is 5.43. The van der Waals surface area contributed by atoms with Crippen molar-refractivity contribution in [2.75, 3.05) is 36.1 Å². The lowest BCUT2D eigenvalue weighted by atomic mass is 10.00. The highest BCUT2D eigenvalue weighted by Gasteiger charge is 2.34. The second-order valence-electron chi connectivity index (χ2n) is 7.63. The number of aryl methyl sites for hydroxylation is 1. The van der Waals surface area contributed by atoms with Crippen LogP contribution in [0.15, 0.2) is 36.4 Å². The molecule has 11 heteroatoms. The van der Waals surface area contributed by atoms with E-state index in [2.05, 4.69) is 15.3 Å². The van der Waals surface area contributed by atoms with E-state index in [1.807, 2.05) is 0 Å². The number of hydrogen-bond donors (Lipinski definition) is 3. The Morgan fingerprint density at radius 1 is 1.06 bits per heavy atom. The van der Waals surface area contributed by atoms with Gasteiger partial charge in [0.1, 0.15) is 23.1 Å². The summed E-state index contributed by atoms with van der Waals surface area (Å²) in [5.41, 5.74) is 1.15. The molecule has 0 unspecified atom stereocenters. The van der Waals surface area contributed by atoms with E-state index in [1.165, 1.54) is 29.2 Å². The van der Waals surface area contributed by atoms with Crippen LogP contribution >= 0.6 is 0 Å². The number of nitrogens with one attached hydrogen (secondary N) is 1. The molecular formula is C23H22F3N5O3. The molecule has 0 aliphatic carbocycles. The molecule has 4 rings (SSSR count). The van der Waals surface area contributed by atoms with Crippen molar-refractivity contribution in [3.63, 3.8) is 0 Å². The molecule has 0 radical (unpaired) electrons. The number of carbonyl (C=O) groups is 1. The second kappa shape index (κ2) is 9.65. The van der Waals surface area contributed by atoms with Gasteiger partial charge in [0.05, 0.1) is 25.5 Å². The van der Waals surface area contributed by atoms with Crippen molar-refractivity contribution in [3.8, 4) is 11.3 Å². The Balaban J connectivity index is 2.02. The molecular weight excluding hydrogens is 451 g/mol. The van der Waals surface area contributed by atoms with Crippen molar-refractivity contribution in [1.82, 2.24) is 15.3 Å². The highest BCUT2D eigenvalue weighted by atomic mass is 19.1. The minimum atomic E-state index is -0.967. The van der Waals surface area contributed by atoms with Gasteiger partial charge in [-0.05, 0) is 42.8 Å². The molecule has 2 heterocycles. The van der Waals surface area contributed by atoms with Crippen molar-refractivity contribution in [1.29, 1.82) is 0 Å². The van der Waals surface area contributed by atoms with E-state index in [1.54, 1.807) is 6.92 Å². The van der Waals surface area contributed by atoms with E-state index < -0.39 is 29.2 Å². The van der Waals surface area contributed by atoms with Gasteiger partial charge >= 0.3 is 6.03 Å². The van der Waals surface area contributed by atoms with Gasteiger partial charge in [-0.15, -0.1) is 0 Å². The van der Waals surface area contributed by atoms with Gasteiger partial charge in [0.15, 0.2) is 5.82 Å². The molecule has 2 amide bonds. The van der Waals surface area contributed by atoms with Crippen molar-refractivity contribution in [3.05, 3.63) is 65.0 Å². The van der Waals surface area contributed by atoms with E-state index >= 15 is 0 Å². The summed E-state index contributed by atoms with van der Waals surface area (Å²) in [6.07, 6.45) is 0. The molecule has 0 saturated heterocycles. The number of aromatic nitrogens is 2. The summed E-state index contributed by atoms with van der Waals surface area (Å²) in [5, 5.41) is 21.5. The van der Waals surface area contributed by atoms with Gasteiger partial charge in [0.25, 0.3) is 0 Å². The summed E-state index contributed by atoms with van der Waals surface area (Å²) in [6.45, 7) is 1.20. The summed E-state index contributed by atoms with van der Waals surface area (Å²) >= 11 is 0. The third kappa shape index (κ3) is 4.27. The lowest BCUT2D eigenvalue weighted by molar-refractivity contribution is 0.246. The molecule has 0 atom stereocenters. The number of aliphatic hydroxyl groups is 2. The topological polar surface area (TPSA) is 102 Å². The monoisotopic (exact) mass is 473 g/mol. The maximum Gasteiger partial charge on any atom is 0.328 e. The summed E-state index contributed by atoms with van der Waals surface area (Å²) < 4.78 is 43.2. The third-order valence-corrected chi connectivity index (χ3v) is 5.43. The minimum absolute atomic E-state index is 0.0250. The average molecular weight is 473 g/mol. The number of benzene rings is 2. The predicted octanol–water partition coefficient (Wildman–Crippen LogP) is 3.02. The van der Waals surface area contributed by atoms with Crippen LogP contribution in [0.4, 0.5) is 35.4 Å². The average Bonchev–Trinajstić information content (AvgIpc) is 2.79. The van der Waals surface area contributed by atoms with Crippen molar-refractivity contribution >= 4 is 23.5 Å². The molecule has 0 bridgehead atoms. The van der Waals surface area contributed by atoms with Gasteiger partial charge < -0.3 is 20.4 Å². The first-order chi connectivity index (χ1) is 16.3. The van der Waals surface area contributed by atoms with Gasteiger partial charge in [0.2, 0.25) is 5.95 Å². The van der Waals surface area contributed by atoms with Gasteiger partial charge in [-0.1, -0.05) is 6.07 Å². The lowest BCUT2D eigenvalue weighted by Gasteiger charge is -2.32. The maximum absolute atomic E-state index is 14.7. The molecule has 0 spiro atoms. The summed E-state index contributed by atoms with van der Waals surface area (Å²) in [6, 6.07) is 6.53. The van der Waals surface area contributed by atoms with Crippen LogP contribution in [0.2, 0.25) is 0 Å². The summed E-state index contributed by atoms with van der Waals surface area (Å²) in [5.74, 6) is -2.42. The fourth-order valence-corrected chi connectivity index (χ4v) is 3.87. The number of rotatable bonds is 7. The van der Waals surface area contributed by atoms with E-state index in [-0.39, 0.29) is 44.6 Å². The van der Waals surface area contributed by atoms with Crippen LogP contribution in [0, 0.1) is 24.4 Å². The van der Waals surface area contributed by atoms with Crippen molar-refractivity contribution < 1.29 is 28.2 Å². The number of amides is 2. The molecule has 2 aromatic carbocycles. The summed E-state index contributed by atoms with van der Waals surface area (Å²) in [4.78, 5) is 24.1. The predicted molar refractivity (Wildman–Crippen MR) is 119 cm³/mol. The molecule has 0 saturated carbocycles. The van der Waals surface area contributed by atoms with Crippen LogP contribution in [-0.2, 0) is 6.54 Å². The fraction of sp³-hybridized carbons (Fsp3) is 0.261. The number of hydrogen-bond acceptors (Lipinski definition) is 6. The van der Waals surface area contributed by atoms with E-state index in [0.717, 1.165) is 17.0 Å². The van der Waals surface area contributed by atoms with E-state index in [9.17, 15) is 28.2 Å². The first-order valence-electron chi connectivity index (χ1n) is 10.5. The van der Waals surface area contributed by atoms with E-state index in [0.29, 0.717) is 22.4 Å². The fourth-order valence-electron chi connectivity index (χ4n) is 3.87. The quantitative estimate of drug-likeness (QED) is 0.488. The lowest BCUT2D eigenvalue weighted by Crippen LogP contribution is -2.43. The Hall–Kier alpha value is -3.70.